The molecule has 49 heteroatoms. The highest BCUT2D eigenvalue weighted by atomic mass is 33.1. The maximum absolute atomic E-state index is 15.2. The van der Waals surface area contributed by atoms with E-state index in [4.69, 9.17) is 22.9 Å². The zero-order valence-electron chi connectivity index (χ0n) is 64.3. The van der Waals surface area contributed by atoms with Crippen molar-refractivity contribution in [1.82, 2.24) is 99.3 Å². The van der Waals surface area contributed by atoms with Crippen molar-refractivity contribution in [2.45, 2.75) is 196 Å². The molecule has 27 N–H and O–H groups in total. The highest BCUT2D eigenvalue weighted by molar-refractivity contribution is 8.77. The number of aromatic amines is 2. The summed E-state index contributed by atoms with van der Waals surface area (Å²) < 4.78 is 0. The Morgan fingerprint density at radius 1 is 0.491 bits per heavy atom. The number of hydrogen-bond acceptors (Lipinski definition) is 28. The smallest absolute Gasteiger partial charge is 0.303 e. The summed E-state index contributed by atoms with van der Waals surface area (Å²) in [4.78, 5) is 282. The fourth-order valence-corrected chi connectivity index (χ4v) is 16.5. The molecule has 3 aliphatic rings. The lowest BCUT2D eigenvalue weighted by molar-refractivity contribution is -0.143. The number of fused-ring (bicyclic) bond motifs is 9. The lowest BCUT2D eigenvalue weighted by Crippen LogP contribution is -2.62. The van der Waals surface area contributed by atoms with Crippen molar-refractivity contribution in [3.05, 3.63) is 36.4 Å². The Hall–Kier alpha value is -10.4. The molecule has 116 heavy (non-hydrogen) atoms. The van der Waals surface area contributed by atoms with E-state index in [-0.39, 0.29) is 43.6 Å². The van der Waals surface area contributed by atoms with Crippen molar-refractivity contribution in [1.29, 1.82) is 0 Å². The number of carboxylic acid groups (broad SMARTS) is 1. The number of carbonyl (C=O) groups excluding carboxylic acids is 18. The van der Waals surface area contributed by atoms with Gasteiger partial charge in [0.2, 0.25) is 106 Å². The highest BCUT2D eigenvalue weighted by Gasteiger charge is 2.43. The van der Waals surface area contributed by atoms with E-state index in [1.807, 2.05) is 0 Å². The molecule has 0 radical (unpaired) electrons. The Kier molecular flexibility index (Phi) is 39.5. The highest BCUT2D eigenvalue weighted by Crippen LogP contribution is 2.27. The van der Waals surface area contributed by atoms with E-state index in [0.29, 0.717) is 0 Å². The number of carboxylic acids is 1. The molecular weight excluding hydrogens is 1610 g/mol. The molecule has 5 heterocycles. The third-order valence-corrected chi connectivity index (χ3v) is 22.7. The van der Waals surface area contributed by atoms with Crippen LogP contribution in [-0.4, -0.2) is 292 Å². The van der Waals surface area contributed by atoms with Crippen LogP contribution < -0.4 is 97.4 Å². The lowest BCUT2D eigenvalue weighted by Gasteiger charge is -2.31. The standard InChI is InChI=1S/C67H103N23O22S4/c1-29(2)12-35-55(100)77-34(9-10-51(96)97)54(99)80-38(15-33-20-73-28-75-33)58(103)84-41(21-91)60(105)82-39(16-48(69)93)59(104)79-36(13-30(3)4)56(101)86-43(53(71)98)23-113-115-25-45-64(109)85-42(22-92)61(106)83-40(17-49(70)94)67(112)90-11-7-8-47(90)65(110)89-52(31(5)6)66(111)88-46(26-116-114-24-44(62(107)87-45)76-50(95)18-68)63(108)81-37(57(102)78-35)14-32-19-72-27-74-32/h19-20,27-31,34-47,52,91-92H,7-18,21-26,68H2,1-6H3,(H2,69,93)(H2,70,94)(H2,71,98)(H,72,74)(H,73,75)(H,76,95)(H,77,100)(H,78,102)(H,79,104)(H,80,99)(H,81,108)(H,82,105)(H,83,106)(H,84,103)(H,85,109)(H,86,101)(H,87,107)(H,88,111)(H,89,110)(H,96,97)/t34-,35-,36-,37?,38-,39?,40-,41-,42-,43-,44-,45-,46-,47-,52?/m0/s1. The monoisotopic (exact) mass is 1710 g/mol. The molecule has 3 unspecified atom stereocenters. The minimum Gasteiger partial charge on any atom is -0.481 e. The molecule has 18 amide bonds. The van der Waals surface area contributed by atoms with Crippen LogP contribution in [0.15, 0.2) is 25.0 Å². The van der Waals surface area contributed by atoms with E-state index in [2.05, 4.69) is 94.4 Å². The summed E-state index contributed by atoms with van der Waals surface area (Å²) in [5.41, 5.74) is 23.0. The summed E-state index contributed by atoms with van der Waals surface area (Å²) in [6.45, 7) is 6.31. The number of aliphatic hydroxyl groups excluding tert-OH is 2. The second kappa shape index (κ2) is 47.6. The van der Waals surface area contributed by atoms with Crippen LogP contribution in [0.5, 0.6) is 0 Å². The van der Waals surface area contributed by atoms with Crippen LogP contribution in [0.4, 0.5) is 0 Å². The van der Waals surface area contributed by atoms with Gasteiger partial charge >= 0.3 is 5.97 Å². The first-order valence-electron chi connectivity index (χ1n) is 36.8. The minimum absolute atomic E-state index is 0.0348. The Morgan fingerprint density at radius 2 is 0.905 bits per heavy atom. The van der Waals surface area contributed by atoms with E-state index in [1.54, 1.807) is 27.7 Å². The van der Waals surface area contributed by atoms with E-state index in [0.717, 1.165) is 48.1 Å². The van der Waals surface area contributed by atoms with Gasteiger partial charge < -0.3 is 128 Å². The molecule has 3 aliphatic heterocycles. The zero-order valence-corrected chi connectivity index (χ0v) is 67.6. The number of nitrogens with two attached hydrogens (primary N) is 4. The molecule has 0 aliphatic carbocycles. The van der Waals surface area contributed by atoms with Crippen molar-refractivity contribution >= 4 is 155 Å². The van der Waals surface area contributed by atoms with Gasteiger partial charge in [-0.25, -0.2) is 9.97 Å². The number of primary amides is 3. The Labute approximate surface area is 680 Å². The molecular formula is C67H103N23O22S4. The molecule has 2 bridgehead atoms. The third kappa shape index (κ3) is 31.3. The van der Waals surface area contributed by atoms with Crippen LogP contribution in [0.2, 0.25) is 0 Å². The Bertz CT molecular complexity index is 3830. The number of H-pyrrole nitrogens is 2. The number of aliphatic hydroxyl groups is 2. The SMILES string of the molecule is CC(C)C[C@@H]1NC(=O)C(CC(N)=O)NC(=O)[C@H](CO)NC(=O)[C@H](Cc2cnc[nH]2)NC(=O)[C@H](CCC(=O)O)NC(=O)[C@H](CC(C)C)NC(=O)C(Cc2cnc[nH]2)NC(=O)[C@@H]2CSSC[C@H](NC(=O)CN)C(=O)N[C@@H](CSSC[C@@H](C(N)=O)NC1=O)C(=O)N[C@@H](CO)C(=O)N[C@@H](CC(N)=O)C(=O)N1CCC[C@H]1C(=O)NC(C(C)C)C(=O)N2. The largest absolute Gasteiger partial charge is 0.481 e. The predicted molar refractivity (Wildman–Crippen MR) is 417 cm³/mol. The van der Waals surface area contributed by atoms with Crippen LogP contribution in [-0.2, 0) is 104 Å². The summed E-state index contributed by atoms with van der Waals surface area (Å²) in [6.07, 6.45) is 0.440. The molecule has 0 spiro atoms. The number of imidazole rings is 2. The first-order chi connectivity index (χ1) is 54.8. The molecule has 2 aromatic rings. The summed E-state index contributed by atoms with van der Waals surface area (Å²) in [6, 6.07) is -26.2. The number of rotatable bonds is 21. The van der Waals surface area contributed by atoms with E-state index in [1.165, 1.54) is 38.9 Å². The van der Waals surface area contributed by atoms with Gasteiger partial charge in [0.25, 0.3) is 0 Å². The molecule has 3 saturated heterocycles. The predicted octanol–water partition coefficient (Wildman–Crippen LogP) is -9.72. The molecule has 642 valence electrons. The number of amides is 18. The molecule has 0 aromatic carbocycles. The van der Waals surface area contributed by atoms with Gasteiger partial charge in [0.15, 0.2) is 0 Å². The molecule has 45 nitrogen and oxygen atoms in total. The topological polar surface area (TPSA) is 718 Å². The normalized spacial score (nSPS) is 26.9. The maximum Gasteiger partial charge on any atom is 0.303 e. The van der Waals surface area contributed by atoms with Gasteiger partial charge in [-0.2, -0.15) is 0 Å². The second-order valence-corrected chi connectivity index (χ2v) is 33.6. The van der Waals surface area contributed by atoms with Crippen molar-refractivity contribution in [3.8, 4) is 0 Å². The Balaban J connectivity index is 1.72. The number of aromatic nitrogens is 4. The molecule has 3 fully saturated rings. The number of hydrogen-bond donors (Lipinski definition) is 23. The van der Waals surface area contributed by atoms with Gasteiger partial charge in [0, 0.05) is 72.6 Å². The average molecular weight is 1710 g/mol. The summed E-state index contributed by atoms with van der Waals surface area (Å²) in [7, 11) is 3.10. The average Bonchev–Trinajstić information content (AvgIpc) is 1.63. The maximum atomic E-state index is 15.2. The van der Waals surface area contributed by atoms with Gasteiger partial charge in [-0.1, -0.05) is 84.7 Å². The fourth-order valence-electron chi connectivity index (χ4n) is 11.8. The van der Waals surface area contributed by atoms with Crippen LogP contribution in [0.1, 0.15) is 104 Å². The van der Waals surface area contributed by atoms with E-state index < -0.39 is 302 Å². The summed E-state index contributed by atoms with van der Waals surface area (Å²) >= 11 is 0. The molecule has 0 saturated carbocycles. The van der Waals surface area contributed by atoms with Gasteiger partial charge in [-0.15, -0.1) is 0 Å². The number of carbonyl (C=O) groups is 19. The number of nitrogens with one attached hydrogen (secondary N) is 16. The van der Waals surface area contributed by atoms with E-state index >= 15 is 4.79 Å². The van der Waals surface area contributed by atoms with Crippen molar-refractivity contribution in [2.24, 2.45) is 40.7 Å². The zero-order chi connectivity index (χ0) is 86.2. The van der Waals surface area contributed by atoms with Crippen LogP contribution in [0.25, 0.3) is 0 Å². The Morgan fingerprint density at radius 3 is 1.38 bits per heavy atom. The quantitative estimate of drug-likeness (QED) is 0.0516. The van der Waals surface area contributed by atoms with Gasteiger partial charge in [0.05, 0.1) is 45.3 Å². The van der Waals surface area contributed by atoms with Crippen LogP contribution in [0.3, 0.4) is 0 Å². The number of nitrogens with zero attached hydrogens (tertiary/aromatic N) is 3. The molecule has 2 aromatic heterocycles. The minimum atomic E-state index is -2.03. The second-order valence-electron chi connectivity index (χ2n) is 28.5. The van der Waals surface area contributed by atoms with Gasteiger partial charge in [0.1, 0.15) is 90.6 Å². The van der Waals surface area contributed by atoms with Crippen molar-refractivity contribution < 1.29 is 106 Å². The first kappa shape index (κ1) is 96.2. The number of aliphatic carboxylic acids is 1. The van der Waals surface area contributed by atoms with Crippen LogP contribution in [0, 0.1) is 17.8 Å². The lowest BCUT2D eigenvalue weighted by atomic mass is 10.0. The van der Waals surface area contributed by atoms with E-state index in [9.17, 15) is 102 Å². The van der Waals surface area contributed by atoms with Crippen molar-refractivity contribution in [3.63, 3.8) is 0 Å². The van der Waals surface area contributed by atoms with Gasteiger partial charge in [-0.3, -0.25) is 91.1 Å². The molecule has 15 atom stereocenters. The molecule has 5 rings (SSSR count). The summed E-state index contributed by atoms with van der Waals surface area (Å²) in [5.74, 6) is -25.6. The summed E-state index contributed by atoms with van der Waals surface area (Å²) in [5, 5.41) is 65.3. The fraction of sp³-hybridized carbons (Fsp3) is 0.627. The van der Waals surface area contributed by atoms with Gasteiger partial charge in [-0.05, 0) is 49.9 Å². The first-order valence-corrected chi connectivity index (χ1v) is 41.8. The van der Waals surface area contributed by atoms with Crippen molar-refractivity contribution in [2.75, 3.05) is 49.3 Å². The third-order valence-electron chi connectivity index (χ3n) is 17.8. The van der Waals surface area contributed by atoms with Crippen LogP contribution >= 0.6 is 43.2 Å².